The minimum atomic E-state index is -0.0127. The van der Waals surface area contributed by atoms with Gasteiger partial charge in [-0.1, -0.05) is 11.3 Å². The van der Waals surface area contributed by atoms with Crippen molar-refractivity contribution in [1.82, 2.24) is 15.5 Å². The Hall–Kier alpha value is -0.690. The molecule has 0 aliphatic carbocycles. The molecule has 0 fully saturated rings. The summed E-state index contributed by atoms with van der Waals surface area (Å²) >= 11 is 4.61. The molecule has 0 atom stereocenters. The Morgan fingerprint density at radius 3 is 2.86 bits per heavy atom. The van der Waals surface area contributed by atoms with Gasteiger partial charge in [-0.25, -0.2) is 0 Å². The number of rotatable bonds is 4. The van der Waals surface area contributed by atoms with E-state index in [1.54, 1.807) is 4.90 Å². The van der Waals surface area contributed by atoms with E-state index in [0.29, 0.717) is 13.1 Å². The molecule has 1 aromatic heterocycles. The minimum absolute atomic E-state index is 0.0127. The molecular weight excluding hydrogens is 268 g/mol. The predicted molar refractivity (Wildman–Crippen MR) is 59.6 cm³/mol. The maximum absolute atomic E-state index is 11.2. The van der Waals surface area contributed by atoms with Crippen LogP contribution in [0.25, 0.3) is 0 Å². The highest BCUT2D eigenvalue weighted by Gasteiger charge is 2.10. The van der Waals surface area contributed by atoms with Crippen LogP contribution in [0.4, 0.5) is 5.13 Å². The van der Waals surface area contributed by atoms with Crippen molar-refractivity contribution in [3.05, 3.63) is 3.92 Å². The maximum Gasteiger partial charge on any atom is 0.239 e. The number of nitrogens with zero attached hydrogens (tertiary/aromatic N) is 3. The SMILES string of the molecule is CCNC(=O)CN(C)c1nnc(Br)s1. The summed E-state index contributed by atoms with van der Waals surface area (Å²) in [6.45, 7) is 2.83. The van der Waals surface area contributed by atoms with Crippen molar-refractivity contribution >= 4 is 38.3 Å². The Balaban J connectivity index is 2.50. The molecule has 1 aromatic rings. The summed E-state index contributed by atoms with van der Waals surface area (Å²) in [5.74, 6) is -0.0127. The molecule has 14 heavy (non-hydrogen) atoms. The fourth-order valence-electron chi connectivity index (χ4n) is 0.889. The first kappa shape index (κ1) is 11.4. The number of likely N-dealkylation sites (N-methyl/N-ethyl adjacent to an activating group) is 2. The third-order valence-electron chi connectivity index (χ3n) is 1.47. The highest BCUT2D eigenvalue weighted by Crippen LogP contribution is 2.22. The lowest BCUT2D eigenvalue weighted by Crippen LogP contribution is -2.34. The Labute approximate surface area is 94.6 Å². The van der Waals surface area contributed by atoms with Gasteiger partial charge in [0.25, 0.3) is 0 Å². The first-order valence-electron chi connectivity index (χ1n) is 4.10. The van der Waals surface area contributed by atoms with E-state index < -0.39 is 0 Å². The average Bonchev–Trinajstić information content (AvgIpc) is 2.52. The van der Waals surface area contributed by atoms with E-state index in [0.717, 1.165) is 9.05 Å². The van der Waals surface area contributed by atoms with Gasteiger partial charge in [0.05, 0.1) is 6.54 Å². The molecule has 0 saturated carbocycles. The molecule has 1 N–H and O–H groups in total. The molecule has 0 aliphatic heterocycles. The molecule has 1 heterocycles. The summed E-state index contributed by atoms with van der Waals surface area (Å²) in [5, 5.41) is 11.1. The van der Waals surface area contributed by atoms with Crippen LogP contribution in [0.1, 0.15) is 6.92 Å². The second-order valence-electron chi connectivity index (χ2n) is 2.65. The van der Waals surface area contributed by atoms with Crippen LogP contribution in [0.5, 0.6) is 0 Å². The molecule has 0 saturated heterocycles. The number of nitrogens with one attached hydrogen (secondary N) is 1. The Morgan fingerprint density at radius 2 is 2.36 bits per heavy atom. The monoisotopic (exact) mass is 278 g/mol. The Morgan fingerprint density at radius 1 is 1.64 bits per heavy atom. The number of halogens is 1. The zero-order valence-electron chi connectivity index (χ0n) is 7.95. The quantitative estimate of drug-likeness (QED) is 0.888. The van der Waals surface area contributed by atoms with Crippen LogP contribution < -0.4 is 10.2 Å². The molecular formula is C7H11BrN4OS. The number of carbonyl (C=O) groups is 1. The van der Waals surface area contributed by atoms with Crippen LogP contribution >= 0.6 is 27.3 Å². The van der Waals surface area contributed by atoms with Gasteiger partial charge in [-0.2, -0.15) is 0 Å². The fraction of sp³-hybridized carbons (Fsp3) is 0.571. The molecule has 7 heteroatoms. The molecule has 78 valence electrons. The van der Waals surface area contributed by atoms with Gasteiger partial charge >= 0.3 is 0 Å². The number of anilines is 1. The lowest BCUT2D eigenvalue weighted by molar-refractivity contribution is -0.119. The molecule has 0 bridgehead atoms. The van der Waals surface area contributed by atoms with Crippen LogP contribution in [0.2, 0.25) is 0 Å². The molecule has 1 rings (SSSR count). The summed E-state index contributed by atoms with van der Waals surface area (Å²) in [7, 11) is 1.81. The number of hydrogen-bond donors (Lipinski definition) is 1. The predicted octanol–water partition coefficient (Wildman–Crippen LogP) is 0.873. The fourth-order valence-corrected chi connectivity index (χ4v) is 1.94. The van der Waals surface area contributed by atoms with Crippen LogP contribution in [0, 0.1) is 0 Å². The molecule has 5 nitrogen and oxygen atoms in total. The maximum atomic E-state index is 11.2. The van der Waals surface area contributed by atoms with Gasteiger partial charge in [0, 0.05) is 13.6 Å². The second kappa shape index (κ2) is 5.26. The number of aromatic nitrogens is 2. The summed E-state index contributed by atoms with van der Waals surface area (Å²) in [6.07, 6.45) is 0. The average molecular weight is 279 g/mol. The smallest absolute Gasteiger partial charge is 0.239 e. The highest BCUT2D eigenvalue weighted by atomic mass is 79.9. The molecule has 0 aliphatic rings. The molecule has 1 amide bonds. The van der Waals surface area contributed by atoms with Gasteiger partial charge in [-0.3, -0.25) is 4.79 Å². The summed E-state index contributed by atoms with van der Waals surface area (Å²) in [6, 6.07) is 0. The topological polar surface area (TPSA) is 58.1 Å². The van der Waals surface area contributed by atoms with Gasteiger partial charge in [0.1, 0.15) is 0 Å². The van der Waals surface area contributed by atoms with Gasteiger partial charge in [0.15, 0.2) is 3.92 Å². The zero-order valence-corrected chi connectivity index (χ0v) is 10.4. The largest absolute Gasteiger partial charge is 0.355 e. The summed E-state index contributed by atoms with van der Waals surface area (Å²) in [5.41, 5.74) is 0. The lowest BCUT2D eigenvalue weighted by atomic mass is 10.5. The number of carbonyl (C=O) groups excluding carboxylic acids is 1. The minimum Gasteiger partial charge on any atom is -0.355 e. The van der Waals surface area contributed by atoms with E-state index >= 15 is 0 Å². The van der Waals surface area contributed by atoms with E-state index in [-0.39, 0.29) is 5.91 Å². The first-order chi connectivity index (χ1) is 6.63. The van der Waals surface area contributed by atoms with E-state index in [4.69, 9.17) is 0 Å². The van der Waals surface area contributed by atoms with Crippen molar-refractivity contribution in [2.75, 3.05) is 25.0 Å². The van der Waals surface area contributed by atoms with Crippen molar-refractivity contribution in [3.63, 3.8) is 0 Å². The van der Waals surface area contributed by atoms with E-state index in [2.05, 4.69) is 31.4 Å². The van der Waals surface area contributed by atoms with Crippen LogP contribution in [-0.4, -0.2) is 36.2 Å². The van der Waals surface area contributed by atoms with E-state index in [1.807, 2.05) is 14.0 Å². The number of hydrogen-bond acceptors (Lipinski definition) is 5. The second-order valence-corrected chi connectivity index (χ2v) is 4.88. The van der Waals surface area contributed by atoms with Gasteiger partial charge in [-0.15, -0.1) is 10.2 Å². The molecule has 0 radical (unpaired) electrons. The normalized spacial score (nSPS) is 9.93. The van der Waals surface area contributed by atoms with E-state index in [1.165, 1.54) is 11.3 Å². The van der Waals surface area contributed by atoms with Crippen molar-refractivity contribution in [2.24, 2.45) is 0 Å². The van der Waals surface area contributed by atoms with Crippen molar-refractivity contribution in [1.29, 1.82) is 0 Å². The van der Waals surface area contributed by atoms with Gasteiger partial charge in [-0.05, 0) is 22.9 Å². The highest BCUT2D eigenvalue weighted by molar-refractivity contribution is 9.11. The van der Waals surface area contributed by atoms with Gasteiger partial charge in [0.2, 0.25) is 11.0 Å². The van der Waals surface area contributed by atoms with Crippen molar-refractivity contribution < 1.29 is 4.79 Å². The van der Waals surface area contributed by atoms with E-state index in [9.17, 15) is 4.79 Å². The lowest BCUT2D eigenvalue weighted by Gasteiger charge is -2.13. The molecule has 0 aromatic carbocycles. The van der Waals surface area contributed by atoms with Crippen LogP contribution in [0.15, 0.2) is 3.92 Å². The first-order valence-corrected chi connectivity index (χ1v) is 5.71. The summed E-state index contributed by atoms with van der Waals surface area (Å²) < 4.78 is 0.718. The summed E-state index contributed by atoms with van der Waals surface area (Å²) in [4.78, 5) is 13.0. The Bertz CT molecular complexity index is 316. The van der Waals surface area contributed by atoms with Crippen LogP contribution in [0.3, 0.4) is 0 Å². The molecule has 0 unspecified atom stereocenters. The van der Waals surface area contributed by atoms with Crippen molar-refractivity contribution in [2.45, 2.75) is 6.92 Å². The zero-order chi connectivity index (χ0) is 10.6. The Kier molecular flexibility index (Phi) is 4.27. The number of amides is 1. The molecule has 0 spiro atoms. The van der Waals surface area contributed by atoms with Gasteiger partial charge < -0.3 is 10.2 Å². The van der Waals surface area contributed by atoms with Crippen LogP contribution in [-0.2, 0) is 4.79 Å². The third kappa shape index (κ3) is 3.22. The van der Waals surface area contributed by atoms with Crippen molar-refractivity contribution in [3.8, 4) is 0 Å². The standard InChI is InChI=1S/C7H11BrN4OS/c1-3-9-5(13)4-12(2)7-11-10-6(8)14-7/h3-4H2,1-2H3,(H,9,13). The third-order valence-corrected chi connectivity index (χ3v) is 2.94.